The van der Waals surface area contributed by atoms with Crippen LogP contribution in [0.25, 0.3) is 0 Å². The van der Waals surface area contributed by atoms with Gasteiger partial charge in [-0.15, -0.1) is 22.7 Å². The number of hydrogen-bond donors (Lipinski definition) is 2. The molecule has 2 N–H and O–H groups in total. The molecule has 4 unspecified atom stereocenters. The van der Waals surface area contributed by atoms with Crippen molar-refractivity contribution in [2.24, 2.45) is 0 Å². The van der Waals surface area contributed by atoms with Gasteiger partial charge in [0.15, 0.2) is 11.5 Å². The second-order valence-electron chi connectivity index (χ2n) is 14.6. The van der Waals surface area contributed by atoms with Crippen molar-refractivity contribution in [3.05, 3.63) is 163 Å². The van der Waals surface area contributed by atoms with Gasteiger partial charge in [0.2, 0.25) is 11.8 Å². The van der Waals surface area contributed by atoms with Crippen LogP contribution in [-0.4, -0.2) is 88.2 Å². The summed E-state index contributed by atoms with van der Waals surface area (Å²) in [6, 6.07) is 33.8. The molecule has 4 amide bonds. The molecule has 15 heteroatoms. The first-order valence-electron chi connectivity index (χ1n) is 20.1. The molecule has 2 aromatic heterocycles. The smallest absolute Gasteiger partial charge is 0.254 e. The topological polar surface area (TPSA) is 136 Å². The van der Waals surface area contributed by atoms with Crippen molar-refractivity contribution < 1.29 is 38.1 Å². The fourth-order valence-electron chi connectivity index (χ4n) is 8.06. The molecule has 4 aromatic carbocycles. The SMILES string of the molecule is COCCN1C(=O)c2ccccc2C(C(=O)Nc2ccc(Cl)cc2)C1c1cccs1.COCCN1C(=O)c2ccccc2C(C(=O)Nc2ccc(OC)c(OC)c2)C1c1cccs1. The Morgan fingerprint density at radius 3 is 1.49 bits per heavy atom. The van der Waals surface area contributed by atoms with Gasteiger partial charge in [0.25, 0.3) is 11.8 Å². The third kappa shape index (κ3) is 9.80. The maximum Gasteiger partial charge on any atom is 0.254 e. The molecule has 326 valence electrons. The predicted octanol–water partition coefficient (Wildman–Crippen LogP) is 9.30. The Morgan fingerprint density at radius 1 is 0.587 bits per heavy atom. The summed E-state index contributed by atoms with van der Waals surface area (Å²) in [5.41, 5.74) is 3.78. The number of carbonyl (C=O) groups is 4. The van der Waals surface area contributed by atoms with E-state index in [1.165, 1.54) is 11.3 Å². The van der Waals surface area contributed by atoms with E-state index in [-0.39, 0.29) is 23.6 Å². The van der Waals surface area contributed by atoms with Crippen LogP contribution < -0.4 is 20.1 Å². The summed E-state index contributed by atoms with van der Waals surface area (Å²) in [4.78, 5) is 59.5. The Labute approximate surface area is 379 Å². The van der Waals surface area contributed by atoms with Gasteiger partial charge in [-0.05, 0) is 82.6 Å². The molecule has 2 aliphatic rings. The molecule has 0 bridgehead atoms. The standard InChI is InChI=1S/C25H26N2O5S.C23H21ClN2O3S/c1-30-13-12-27-23(21-9-6-14-33-21)22(17-7-4-5-8-18(17)25(27)29)24(28)26-16-10-11-19(31-2)20(15-16)32-3;1-29-13-12-26-21(19-7-4-14-30-19)20(17-5-2-3-6-18(17)23(26)28)22(27)25-16-10-8-15(24)9-11-16/h4-11,14-15,22-23H,12-13H2,1-3H3,(H,26,28);2-11,14,20-21H,12-13H2,1H3,(H,25,27). The fraction of sp³-hybridized carbons (Fsp3) is 0.250. The van der Waals surface area contributed by atoms with E-state index in [4.69, 9.17) is 30.5 Å². The Hall–Kier alpha value is -6.03. The lowest BCUT2D eigenvalue weighted by molar-refractivity contribution is -0.120. The van der Waals surface area contributed by atoms with Crippen molar-refractivity contribution in [3.63, 3.8) is 0 Å². The number of thiophene rings is 2. The number of ether oxygens (including phenoxy) is 4. The third-order valence-electron chi connectivity index (χ3n) is 10.9. The predicted molar refractivity (Wildman–Crippen MR) is 247 cm³/mol. The van der Waals surface area contributed by atoms with Crippen molar-refractivity contribution in [3.8, 4) is 11.5 Å². The number of amides is 4. The van der Waals surface area contributed by atoms with Crippen molar-refractivity contribution in [1.82, 2.24) is 9.80 Å². The molecule has 0 saturated carbocycles. The molecule has 6 aromatic rings. The highest BCUT2D eigenvalue weighted by atomic mass is 35.5. The van der Waals surface area contributed by atoms with E-state index in [0.29, 0.717) is 70.9 Å². The first kappa shape index (κ1) is 45.0. The van der Waals surface area contributed by atoms with E-state index >= 15 is 0 Å². The van der Waals surface area contributed by atoms with Gasteiger partial charge in [-0.25, -0.2) is 0 Å². The van der Waals surface area contributed by atoms with Crippen LogP contribution in [0.4, 0.5) is 11.4 Å². The molecule has 0 spiro atoms. The van der Waals surface area contributed by atoms with Gasteiger partial charge in [0.1, 0.15) is 0 Å². The summed E-state index contributed by atoms with van der Waals surface area (Å²) in [5.74, 6) is -0.612. The number of rotatable bonds is 14. The maximum absolute atomic E-state index is 13.8. The summed E-state index contributed by atoms with van der Waals surface area (Å²) in [6.45, 7) is 1.55. The molecular weight excluding hydrogens is 860 g/mol. The number of carbonyl (C=O) groups excluding carboxylic acids is 4. The zero-order valence-electron chi connectivity index (χ0n) is 35.1. The monoisotopic (exact) mass is 906 g/mol. The number of fused-ring (bicyclic) bond motifs is 2. The third-order valence-corrected chi connectivity index (χ3v) is 13.1. The summed E-state index contributed by atoms with van der Waals surface area (Å²) in [6.07, 6.45) is 0. The molecule has 63 heavy (non-hydrogen) atoms. The zero-order valence-corrected chi connectivity index (χ0v) is 37.5. The fourth-order valence-corrected chi connectivity index (χ4v) is 9.93. The van der Waals surface area contributed by atoms with Crippen LogP contribution in [0, 0.1) is 0 Å². The van der Waals surface area contributed by atoms with Crippen molar-refractivity contribution in [1.29, 1.82) is 0 Å². The van der Waals surface area contributed by atoms with Crippen molar-refractivity contribution in [2.75, 3.05) is 65.4 Å². The first-order chi connectivity index (χ1) is 30.7. The quantitative estimate of drug-likeness (QED) is 0.111. The molecular formula is C48H47ClN4O8S2. The summed E-state index contributed by atoms with van der Waals surface area (Å²) in [5, 5.41) is 10.5. The lowest BCUT2D eigenvalue weighted by Gasteiger charge is -2.41. The van der Waals surface area contributed by atoms with Crippen LogP contribution in [0.15, 0.2) is 126 Å². The molecule has 4 atom stereocenters. The van der Waals surface area contributed by atoms with Gasteiger partial charge in [-0.1, -0.05) is 60.1 Å². The molecule has 4 heterocycles. The molecule has 8 rings (SSSR count). The van der Waals surface area contributed by atoms with Gasteiger partial charge in [0, 0.05) is 70.7 Å². The number of nitrogens with zero attached hydrogens (tertiary/aromatic N) is 2. The zero-order chi connectivity index (χ0) is 44.5. The van der Waals surface area contributed by atoms with E-state index < -0.39 is 23.9 Å². The van der Waals surface area contributed by atoms with Gasteiger partial charge >= 0.3 is 0 Å². The maximum atomic E-state index is 13.8. The van der Waals surface area contributed by atoms with Gasteiger partial charge < -0.3 is 39.4 Å². The summed E-state index contributed by atoms with van der Waals surface area (Å²) >= 11 is 9.04. The van der Waals surface area contributed by atoms with Crippen LogP contribution in [0.5, 0.6) is 11.5 Å². The average molecular weight is 908 g/mol. The number of hydrogen-bond acceptors (Lipinski definition) is 10. The Bertz CT molecular complexity index is 2520. The van der Waals surface area contributed by atoms with Gasteiger partial charge in [-0.3, -0.25) is 19.2 Å². The second kappa shape index (κ2) is 20.9. The normalized spacial score (nSPS) is 17.8. The summed E-state index contributed by atoms with van der Waals surface area (Å²) in [7, 11) is 6.32. The van der Waals surface area contributed by atoms with Gasteiger partial charge in [0.05, 0.1) is 51.4 Å². The highest BCUT2D eigenvalue weighted by Gasteiger charge is 2.46. The number of nitrogens with one attached hydrogen (secondary N) is 2. The number of benzene rings is 4. The lowest BCUT2D eigenvalue weighted by atomic mass is 9.81. The largest absolute Gasteiger partial charge is 0.493 e. The first-order valence-corrected chi connectivity index (χ1v) is 22.3. The molecule has 0 fully saturated rings. The van der Waals surface area contributed by atoms with Crippen LogP contribution >= 0.6 is 34.3 Å². The Kier molecular flexibility index (Phi) is 14.9. The van der Waals surface area contributed by atoms with Crippen LogP contribution in [0.2, 0.25) is 5.02 Å². The van der Waals surface area contributed by atoms with E-state index in [2.05, 4.69) is 10.6 Å². The van der Waals surface area contributed by atoms with Crippen LogP contribution in [-0.2, 0) is 19.1 Å². The van der Waals surface area contributed by atoms with Crippen LogP contribution in [0.1, 0.15) is 65.5 Å². The number of methoxy groups -OCH3 is 4. The number of anilines is 2. The molecule has 0 radical (unpaired) electrons. The van der Waals surface area contributed by atoms with Crippen molar-refractivity contribution in [2.45, 2.75) is 23.9 Å². The van der Waals surface area contributed by atoms with Crippen molar-refractivity contribution >= 4 is 69.3 Å². The van der Waals surface area contributed by atoms with E-state index in [1.54, 1.807) is 104 Å². The van der Waals surface area contributed by atoms with E-state index in [1.807, 2.05) is 71.4 Å². The Morgan fingerprint density at radius 2 is 1.05 bits per heavy atom. The minimum absolute atomic E-state index is 0.0865. The minimum atomic E-state index is -0.595. The van der Waals surface area contributed by atoms with E-state index in [9.17, 15) is 19.2 Å². The molecule has 2 aliphatic heterocycles. The molecule has 0 saturated heterocycles. The highest BCUT2D eigenvalue weighted by molar-refractivity contribution is 7.10. The second-order valence-corrected chi connectivity index (χ2v) is 17.0. The van der Waals surface area contributed by atoms with E-state index in [0.717, 1.165) is 15.3 Å². The minimum Gasteiger partial charge on any atom is -0.493 e. The highest BCUT2D eigenvalue weighted by Crippen LogP contribution is 2.46. The average Bonchev–Trinajstić information content (AvgIpc) is 4.05. The number of halogens is 1. The van der Waals surface area contributed by atoms with Crippen LogP contribution in [0.3, 0.4) is 0 Å². The van der Waals surface area contributed by atoms with Gasteiger partial charge in [-0.2, -0.15) is 0 Å². The molecule has 0 aliphatic carbocycles. The molecule has 12 nitrogen and oxygen atoms in total. The summed E-state index contributed by atoms with van der Waals surface area (Å²) < 4.78 is 21.2. The Balaban J connectivity index is 0.000000190. The lowest BCUT2D eigenvalue weighted by Crippen LogP contribution is -2.47.